The molecule has 0 aliphatic rings. The van der Waals surface area contributed by atoms with Gasteiger partial charge in [-0.05, 0) is 43.3 Å². The first-order valence-electron chi connectivity index (χ1n) is 6.28. The van der Waals surface area contributed by atoms with Crippen LogP contribution < -0.4 is 10.1 Å². The van der Waals surface area contributed by atoms with Gasteiger partial charge in [-0.25, -0.2) is 0 Å². The van der Waals surface area contributed by atoms with Gasteiger partial charge in [0.2, 0.25) is 0 Å². The maximum Gasteiger partial charge on any atom is 0.125 e. The van der Waals surface area contributed by atoms with E-state index in [2.05, 4.69) is 24.4 Å². The van der Waals surface area contributed by atoms with Gasteiger partial charge in [-0.2, -0.15) is 0 Å². The highest BCUT2D eigenvalue weighted by atomic mass is 16.5. The summed E-state index contributed by atoms with van der Waals surface area (Å²) >= 11 is 0. The molecule has 96 valence electrons. The smallest absolute Gasteiger partial charge is 0.125 e. The molecule has 0 spiro atoms. The minimum atomic E-state index is 0.0603. The van der Waals surface area contributed by atoms with Gasteiger partial charge in [-0.15, -0.1) is 0 Å². The fourth-order valence-electron chi connectivity index (χ4n) is 1.93. The van der Waals surface area contributed by atoms with Crippen molar-refractivity contribution in [1.29, 1.82) is 0 Å². The molecule has 0 aliphatic heterocycles. The average molecular weight is 245 g/mol. The molecule has 0 amide bonds. The molecule has 0 saturated carbocycles. The van der Waals surface area contributed by atoms with Crippen molar-refractivity contribution in [3.8, 4) is 5.75 Å². The molecule has 3 heteroatoms. The van der Waals surface area contributed by atoms with E-state index in [1.54, 1.807) is 6.26 Å². The van der Waals surface area contributed by atoms with Crippen LogP contribution in [-0.4, -0.2) is 13.7 Å². The van der Waals surface area contributed by atoms with Crippen LogP contribution in [0, 0.1) is 0 Å². The summed E-state index contributed by atoms with van der Waals surface area (Å²) in [7, 11) is 1.92. The van der Waals surface area contributed by atoms with E-state index in [1.807, 2.05) is 31.3 Å². The lowest BCUT2D eigenvalue weighted by atomic mass is 10.0. The van der Waals surface area contributed by atoms with E-state index >= 15 is 0 Å². The lowest BCUT2D eigenvalue weighted by Crippen LogP contribution is -2.17. The van der Waals surface area contributed by atoms with Gasteiger partial charge in [0.15, 0.2) is 0 Å². The summed E-state index contributed by atoms with van der Waals surface area (Å²) in [5.41, 5.74) is 1.14. The molecular weight excluding hydrogens is 226 g/mol. The van der Waals surface area contributed by atoms with Gasteiger partial charge in [0, 0.05) is 0 Å². The van der Waals surface area contributed by atoms with Crippen molar-refractivity contribution in [3.05, 3.63) is 54.0 Å². The summed E-state index contributed by atoms with van der Waals surface area (Å²) in [5.74, 6) is 1.81. The minimum absolute atomic E-state index is 0.0603. The fraction of sp³-hybridized carbons (Fsp3) is 0.333. The number of hydrogen-bond acceptors (Lipinski definition) is 3. The molecular formula is C15H19NO2. The zero-order valence-corrected chi connectivity index (χ0v) is 10.8. The van der Waals surface area contributed by atoms with E-state index in [9.17, 15) is 0 Å². The molecule has 18 heavy (non-hydrogen) atoms. The van der Waals surface area contributed by atoms with Gasteiger partial charge in [-0.1, -0.05) is 19.1 Å². The van der Waals surface area contributed by atoms with Crippen LogP contribution in [0.5, 0.6) is 5.75 Å². The summed E-state index contributed by atoms with van der Waals surface area (Å²) in [6.45, 7) is 2.84. The average Bonchev–Trinajstić information content (AvgIpc) is 2.92. The van der Waals surface area contributed by atoms with E-state index < -0.39 is 0 Å². The topological polar surface area (TPSA) is 34.4 Å². The zero-order chi connectivity index (χ0) is 12.8. The summed E-state index contributed by atoms with van der Waals surface area (Å²) in [5, 5.41) is 3.25. The molecule has 2 rings (SSSR count). The van der Waals surface area contributed by atoms with Crippen molar-refractivity contribution < 1.29 is 9.15 Å². The number of furan rings is 1. The number of benzene rings is 1. The molecule has 1 heterocycles. The van der Waals surface area contributed by atoms with Crippen molar-refractivity contribution in [2.45, 2.75) is 19.4 Å². The van der Waals surface area contributed by atoms with Crippen LogP contribution in [0.3, 0.4) is 0 Å². The van der Waals surface area contributed by atoms with Crippen LogP contribution >= 0.6 is 0 Å². The molecule has 0 radical (unpaired) electrons. The Morgan fingerprint density at radius 3 is 2.83 bits per heavy atom. The van der Waals surface area contributed by atoms with Crippen LogP contribution in [-0.2, 0) is 0 Å². The molecule has 3 nitrogen and oxygen atoms in total. The van der Waals surface area contributed by atoms with Crippen LogP contribution in [0.1, 0.15) is 30.7 Å². The Morgan fingerprint density at radius 2 is 2.17 bits per heavy atom. The molecule has 0 aliphatic carbocycles. The van der Waals surface area contributed by atoms with Crippen LogP contribution in [0.15, 0.2) is 47.1 Å². The maximum absolute atomic E-state index is 5.65. The lowest BCUT2D eigenvalue weighted by molar-refractivity contribution is 0.316. The molecule has 1 atom stereocenters. The predicted octanol–water partition coefficient (Wildman–Crippen LogP) is 3.38. The molecule has 1 unspecified atom stereocenters. The SMILES string of the molecule is CCCOc1cccc(C(NC)c2ccco2)c1. The Bertz CT molecular complexity index is 465. The van der Waals surface area contributed by atoms with E-state index in [0.717, 1.165) is 30.1 Å². The second kappa shape index (κ2) is 6.26. The van der Waals surface area contributed by atoms with Crippen LogP contribution in [0.4, 0.5) is 0 Å². The van der Waals surface area contributed by atoms with Crippen molar-refractivity contribution in [3.63, 3.8) is 0 Å². The predicted molar refractivity (Wildman–Crippen MR) is 71.8 cm³/mol. The zero-order valence-electron chi connectivity index (χ0n) is 10.8. The Labute approximate surface area is 108 Å². The number of ether oxygens (including phenoxy) is 1. The number of hydrogen-bond donors (Lipinski definition) is 1. The van der Waals surface area contributed by atoms with E-state index in [0.29, 0.717) is 0 Å². The normalized spacial score (nSPS) is 12.3. The quantitative estimate of drug-likeness (QED) is 0.847. The van der Waals surface area contributed by atoms with Crippen LogP contribution in [0.25, 0.3) is 0 Å². The van der Waals surface area contributed by atoms with Crippen molar-refractivity contribution in [2.24, 2.45) is 0 Å². The maximum atomic E-state index is 5.65. The standard InChI is InChI=1S/C15H19NO2/c1-3-9-17-13-7-4-6-12(11-13)15(16-2)14-8-5-10-18-14/h4-8,10-11,15-16H,3,9H2,1-2H3. The third-order valence-electron chi connectivity index (χ3n) is 2.78. The van der Waals surface area contributed by atoms with E-state index in [4.69, 9.17) is 9.15 Å². The number of rotatable bonds is 6. The fourth-order valence-corrected chi connectivity index (χ4v) is 1.93. The molecule has 0 bridgehead atoms. The van der Waals surface area contributed by atoms with Crippen molar-refractivity contribution in [2.75, 3.05) is 13.7 Å². The summed E-state index contributed by atoms with van der Waals surface area (Å²) in [6, 6.07) is 12.0. The first kappa shape index (κ1) is 12.7. The highest BCUT2D eigenvalue weighted by molar-refractivity contribution is 5.34. The Balaban J connectivity index is 2.20. The largest absolute Gasteiger partial charge is 0.494 e. The van der Waals surface area contributed by atoms with Gasteiger partial charge in [-0.3, -0.25) is 0 Å². The molecule has 2 aromatic rings. The van der Waals surface area contributed by atoms with Crippen LogP contribution in [0.2, 0.25) is 0 Å². The second-order valence-electron chi connectivity index (χ2n) is 4.16. The Hall–Kier alpha value is -1.74. The number of nitrogens with one attached hydrogen (secondary N) is 1. The van der Waals surface area contributed by atoms with Crippen molar-refractivity contribution >= 4 is 0 Å². The monoisotopic (exact) mass is 245 g/mol. The third-order valence-corrected chi connectivity index (χ3v) is 2.78. The molecule has 1 N–H and O–H groups in total. The lowest BCUT2D eigenvalue weighted by Gasteiger charge is -2.15. The van der Waals surface area contributed by atoms with E-state index in [-0.39, 0.29) is 6.04 Å². The Kier molecular flexibility index (Phi) is 4.42. The first-order chi connectivity index (χ1) is 8.85. The van der Waals surface area contributed by atoms with E-state index in [1.165, 1.54) is 0 Å². The highest BCUT2D eigenvalue weighted by Crippen LogP contribution is 2.25. The van der Waals surface area contributed by atoms with Gasteiger partial charge < -0.3 is 14.5 Å². The summed E-state index contributed by atoms with van der Waals surface area (Å²) in [4.78, 5) is 0. The van der Waals surface area contributed by atoms with Crippen molar-refractivity contribution in [1.82, 2.24) is 5.32 Å². The third kappa shape index (κ3) is 2.93. The summed E-state index contributed by atoms with van der Waals surface area (Å²) < 4.78 is 11.1. The van der Waals surface area contributed by atoms with Gasteiger partial charge >= 0.3 is 0 Å². The first-order valence-corrected chi connectivity index (χ1v) is 6.28. The molecule has 1 aromatic carbocycles. The summed E-state index contributed by atoms with van der Waals surface area (Å²) in [6.07, 6.45) is 2.70. The minimum Gasteiger partial charge on any atom is -0.494 e. The molecule has 0 fully saturated rings. The highest BCUT2D eigenvalue weighted by Gasteiger charge is 2.14. The van der Waals surface area contributed by atoms with Gasteiger partial charge in [0.05, 0.1) is 18.9 Å². The van der Waals surface area contributed by atoms with Gasteiger partial charge in [0.25, 0.3) is 0 Å². The van der Waals surface area contributed by atoms with Gasteiger partial charge in [0.1, 0.15) is 11.5 Å². The molecule has 1 aromatic heterocycles. The Morgan fingerprint density at radius 1 is 1.28 bits per heavy atom. The second-order valence-corrected chi connectivity index (χ2v) is 4.16. The molecule has 0 saturated heterocycles.